The molecule has 0 radical (unpaired) electrons. The standard InChI is InChI=1S/C25H31BrN2O3/c1-16-11-17(5-7-21(16)26)24(29)27-20-9-10-25(15-28(2)14-19(25)12-20)18-6-8-22(30-3)23(13-18)31-4/h5-8,11,13,19-20H,9-10,12,14-15H2,1-4H3,(H,27,29)/t19-,20-,25+/m1/s1. The minimum Gasteiger partial charge on any atom is -0.493 e. The summed E-state index contributed by atoms with van der Waals surface area (Å²) in [6, 6.07) is 12.3. The zero-order valence-electron chi connectivity index (χ0n) is 18.7. The number of aryl methyl sites for hydroxylation is 1. The summed E-state index contributed by atoms with van der Waals surface area (Å²) >= 11 is 3.51. The van der Waals surface area contributed by atoms with Crippen LogP contribution in [0.2, 0.25) is 0 Å². The number of likely N-dealkylation sites (tertiary alicyclic amines) is 1. The molecule has 0 aromatic heterocycles. The normalized spacial score (nSPS) is 25.7. The number of carbonyl (C=O) groups excluding carboxylic acids is 1. The van der Waals surface area contributed by atoms with Gasteiger partial charge in [0, 0.05) is 34.6 Å². The Labute approximate surface area is 193 Å². The Morgan fingerprint density at radius 1 is 1.16 bits per heavy atom. The summed E-state index contributed by atoms with van der Waals surface area (Å²) in [5.74, 6) is 2.05. The molecule has 0 bridgehead atoms. The molecule has 3 atom stereocenters. The summed E-state index contributed by atoms with van der Waals surface area (Å²) < 4.78 is 12.0. The molecule has 6 heteroatoms. The van der Waals surface area contributed by atoms with Crippen LogP contribution < -0.4 is 14.8 Å². The van der Waals surface area contributed by atoms with Crippen molar-refractivity contribution < 1.29 is 14.3 Å². The number of likely N-dealkylation sites (N-methyl/N-ethyl adjacent to an activating group) is 1. The topological polar surface area (TPSA) is 50.8 Å². The molecule has 31 heavy (non-hydrogen) atoms. The van der Waals surface area contributed by atoms with Crippen LogP contribution in [0.25, 0.3) is 0 Å². The molecular formula is C25H31BrN2O3. The smallest absolute Gasteiger partial charge is 0.251 e. The highest BCUT2D eigenvalue weighted by Crippen LogP contribution is 2.49. The Bertz CT molecular complexity index is 979. The van der Waals surface area contributed by atoms with Crippen molar-refractivity contribution in [1.82, 2.24) is 10.2 Å². The van der Waals surface area contributed by atoms with E-state index in [2.05, 4.69) is 45.3 Å². The summed E-state index contributed by atoms with van der Waals surface area (Å²) in [6.45, 7) is 4.07. The number of ether oxygens (including phenoxy) is 2. The number of hydrogen-bond acceptors (Lipinski definition) is 4. The van der Waals surface area contributed by atoms with Crippen LogP contribution in [0.15, 0.2) is 40.9 Å². The molecule has 1 amide bonds. The number of rotatable bonds is 5. The highest BCUT2D eigenvalue weighted by molar-refractivity contribution is 9.10. The van der Waals surface area contributed by atoms with Gasteiger partial charge in [-0.1, -0.05) is 22.0 Å². The molecule has 1 aliphatic heterocycles. The molecule has 2 fully saturated rings. The zero-order chi connectivity index (χ0) is 22.2. The lowest BCUT2D eigenvalue weighted by Gasteiger charge is -2.43. The second-order valence-corrected chi connectivity index (χ2v) is 9.88. The average Bonchev–Trinajstić information content (AvgIpc) is 3.11. The maximum absolute atomic E-state index is 12.9. The number of halogens is 1. The van der Waals surface area contributed by atoms with Gasteiger partial charge in [-0.05, 0) is 80.6 Å². The van der Waals surface area contributed by atoms with E-state index in [1.807, 2.05) is 31.2 Å². The molecule has 166 valence electrons. The summed E-state index contributed by atoms with van der Waals surface area (Å²) in [5, 5.41) is 3.30. The van der Waals surface area contributed by atoms with E-state index in [-0.39, 0.29) is 17.4 Å². The molecule has 1 aliphatic carbocycles. The molecule has 2 aromatic rings. The van der Waals surface area contributed by atoms with Crippen molar-refractivity contribution in [3.8, 4) is 11.5 Å². The number of hydrogen-bond donors (Lipinski definition) is 1. The SMILES string of the molecule is COc1ccc([C@@]23CC[C@@H](NC(=O)c4ccc(Br)c(C)c4)C[C@@H]2CN(C)C3)cc1OC. The van der Waals surface area contributed by atoms with E-state index >= 15 is 0 Å². The third-order valence-electron chi connectivity index (χ3n) is 7.09. The molecule has 1 saturated carbocycles. The van der Waals surface area contributed by atoms with Crippen LogP contribution in [0.4, 0.5) is 0 Å². The number of methoxy groups -OCH3 is 2. The van der Waals surface area contributed by atoms with E-state index in [1.54, 1.807) is 14.2 Å². The van der Waals surface area contributed by atoms with Crippen LogP contribution in [0.3, 0.4) is 0 Å². The molecule has 0 unspecified atom stereocenters. The summed E-state index contributed by atoms with van der Waals surface area (Å²) in [6.07, 6.45) is 3.00. The van der Waals surface area contributed by atoms with Gasteiger partial charge < -0.3 is 19.7 Å². The number of fused-ring (bicyclic) bond motifs is 1. The van der Waals surface area contributed by atoms with Gasteiger partial charge in [-0.25, -0.2) is 0 Å². The minimum atomic E-state index is 0.0190. The van der Waals surface area contributed by atoms with Crippen LogP contribution in [-0.2, 0) is 5.41 Å². The summed E-state index contributed by atoms with van der Waals surface area (Å²) in [7, 11) is 5.55. The van der Waals surface area contributed by atoms with Gasteiger partial charge in [-0.15, -0.1) is 0 Å². The third-order valence-corrected chi connectivity index (χ3v) is 7.98. The van der Waals surface area contributed by atoms with Crippen molar-refractivity contribution in [2.75, 3.05) is 34.4 Å². The van der Waals surface area contributed by atoms with Crippen molar-refractivity contribution >= 4 is 21.8 Å². The Hall–Kier alpha value is -2.05. The quantitative estimate of drug-likeness (QED) is 0.672. The van der Waals surface area contributed by atoms with Crippen molar-refractivity contribution in [3.63, 3.8) is 0 Å². The predicted molar refractivity (Wildman–Crippen MR) is 126 cm³/mol. The number of carbonyl (C=O) groups is 1. The van der Waals surface area contributed by atoms with Gasteiger partial charge in [-0.3, -0.25) is 4.79 Å². The monoisotopic (exact) mass is 486 g/mol. The molecule has 2 aromatic carbocycles. The van der Waals surface area contributed by atoms with Crippen LogP contribution in [0, 0.1) is 12.8 Å². The Balaban J connectivity index is 1.53. The van der Waals surface area contributed by atoms with Gasteiger partial charge in [0.25, 0.3) is 5.91 Å². The molecule has 0 spiro atoms. The fourth-order valence-corrected chi connectivity index (χ4v) is 5.75. The molecule has 1 N–H and O–H groups in total. The largest absolute Gasteiger partial charge is 0.493 e. The highest BCUT2D eigenvalue weighted by atomic mass is 79.9. The molecule has 2 aliphatic rings. The molecule has 1 saturated heterocycles. The van der Waals surface area contributed by atoms with Crippen molar-refractivity contribution in [1.29, 1.82) is 0 Å². The number of nitrogens with one attached hydrogen (secondary N) is 1. The van der Waals surface area contributed by atoms with Gasteiger partial charge >= 0.3 is 0 Å². The molecule has 4 rings (SSSR count). The van der Waals surface area contributed by atoms with Crippen LogP contribution in [0.1, 0.15) is 40.7 Å². The fourth-order valence-electron chi connectivity index (χ4n) is 5.51. The fraction of sp³-hybridized carbons (Fsp3) is 0.480. The number of benzene rings is 2. The van der Waals surface area contributed by atoms with E-state index in [1.165, 1.54) is 5.56 Å². The van der Waals surface area contributed by atoms with Gasteiger partial charge in [0.15, 0.2) is 11.5 Å². The second kappa shape index (κ2) is 8.83. The first kappa shape index (κ1) is 22.2. The van der Waals surface area contributed by atoms with Gasteiger partial charge in [0.2, 0.25) is 0 Å². The average molecular weight is 487 g/mol. The number of amides is 1. The van der Waals surface area contributed by atoms with Crippen LogP contribution >= 0.6 is 15.9 Å². The summed E-state index contributed by atoms with van der Waals surface area (Å²) in [4.78, 5) is 15.3. The highest BCUT2D eigenvalue weighted by Gasteiger charge is 2.50. The first-order chi connectivity index (χ1) is 14.9. The first-order valence-corrected chi connectivity index (χ1v) is 11.6. The van der Waals surface area contributed by atoms with Gasteiger partial charge in [0.1, 0.15) is 0 Å². The zero-order valence-corrected chi connectivity index (χ0v) is 20.3. The van der Waals surface area contributed by atoms with Crippen molar-refractivity contribution in [2.24, 2.45) is 5.92 Å². The Morgan fingerprint density at radius 3 is 2.65 bits per heavy atom. The number of nitrogens with zero attached hydrogens (tertiary/aromatic N) is 1. The lowest BCUT2D eigenvalue weighted by molar-refractivity contribution is 0.0904. The van der Waals surface area contributed by atoms with E-state index in [0.29, 0.717) is 5.92 Å². The van der Waals surface area contributed by atoms with E-state index in [0.717, 1.165) is 59.5 Å². The lowest BCUT2D eigenvalue weighted by Crippen LogP contribution is -2.47. The van der Waals surface area contributed by atoms with E-state index in [4.69, 9.17) is 9.47 Å². The first-order valence-electron chi connectivity index (χ1n) is 10.8. The summed E-state index contributed by atoms with van der Waals surface area (Å²) in [5.41, 5.74) is 3.19. The molecule has 5 nitrogen and oxygen atoms in total. The predicted octanol–water partition coefficient (Wildman–Crippen LogP) is 4.56. The van der Waals surface area contributed by atoms with Crippen molar-refractivity contribution in [3.05, 3.63) is 57.6 Å². The van der Waals surface area contributed by atoms with Crippen molar-refractivity contribution in [2.45, 2.75) is 37.6 Å². The minimum absolute atomic E-state index is 0.0190. The third kappa shape index (κ3) is 4.20. The van der Waals surface area contributed by atoms with Crippen LogP contribution in [0.5, 0.6) is 11.5 Å². The maximum Gasteiger partial charge on any atom is 0.251 e. The lowest BCUT2D eigenvalue weighted by atomic mass is 9.63. The Kier molecular flexibility index (Phi) is 6.31. The maximum atomic E-state index is 12.9. The second-order valence-electron chi connectivity index (χ2n) is 9.03. The van der Waals surface area contributed by atoms with Gasteiger partial charge in [0.05, 0.1) is 14.2 Å². The van der Waals surface area contributed by atoms with E-state index in [9.17, 15) is 4.79 Å². The molecular weight excluding hydrogens is 456 g/mol. The molecule has 1 heterocycles. The van der Waals surface area contributed by atoms with E-state index < -0.39 is 0 Å². The van der Waals surface area contributed by atoms with Gasteiger partial charge in [-0.2, -0.15) is 0 Å². The van der Waals surface area contributed by atoms with Crippen LogP contribution in [-0.4, -0.2) is 51.2 Å². The Morgan fingerprint density at radius 2 is 1.94 bits per heavy atom.